The third kappa shape index (κ3) is 8.38. The molecule has 0 saturated heterocycles. The lowest BCUT2D eigenvalue weighted by Crippen LogP contribution is -2.36. The molecule has 0 spiro atoms. The number of amides is 1. The molecular weight excluding hydrogens is 372 g/mol. The molecule has 0 bridgehead atoms. The van der Waals surface area contributed by atoms with E-state index in [2.05, 4.69) is 36.7 Å². The van der Waals surface area contributed by atoms with Gasteiger partial charge in [-0.2, -0.15) is 4.98 Å². The predicted molar refractivity (Wildman–Crippen MR) is 90.8 cm³/mol. The molecule has 8 heteroatoms. The van der Waals surface area contributed by atoms with Gasteiger partial charge in [-0.1, -0.05) is 32.1 Å². The van der Waals surface area contributed by atoms with Crippen LogP contribution in [0.15, 0.2) is 10.7 Å². The highest BCUT2D eigenvalue weighted by Gasteiger charge is 2.16. The van der Waals surface area contributed by atoms with Crippen molar-refractivity contribution < 1.29 is 9.53 Å². The fraction of sp³-hybridized carbons (Fsp3) is 0.643. The molecule has 0 radical (unpaired) electrons. The number of anilines is 1. The number of ether oxygens (including phenoxy) is 1. The van der Waals surface area contributed by atoms with Crippen molar-refractivity contribution in [2.45, 2.75) is 58.5 Å². The van der Waals surface area contributed by atoms with E-state index in [1.807, 2.05) is 0 Å². The zero-order valence-electron chi connectivity index (χ0n) is 13.1. The number of nitrogens with one attached hydrogen (secondary N) is 2. The molecule has 1 heterocycles. The minimum atomic E-state index is -0.612. The van der Waals surface area contributed by atoms with Crippen molar-refractivity contribution in [3.8, 4) is 0 Å². The Morgan fingerprint density at radius 2 is 1.82 bits per heavy atom. The number of hydrogen-bond donors (Lipinski definition) is 2. The van der Waals surface area contributed by atoms with Crippen LogP contribution in [0.1, 0.15) is 52.9 Å². The summed E-state index contributed by atoms with van der Waals surface area (Å²) in [5, 5.41) is 0.0710. The lowest BCUT2D eigenvalue weighted by atomic mass is 10.2. The van der Waals surface area contributed by atoms with Crippen LogP contribution in [0.5, 0.6) is 0 Å². The zero-order chi connectivity index (χ0) is 16.6. The number of carbonyl (C=O) groups excluding carboxylic acids is 1. The molecule has 124 valence electrons. The van der Waals surface area contributed by atoms with Crippen molar-refractivity contribution in [1.82, 2.24) is 15.4 Å². The maximum atomic E-state index is 11.3. The zero-order valence-corrected chi connectivity index (χ0v) is 15.4. The quantitative estimate of drug-likeness (QED) is 0.563. The second-order valence-electron chi connectivity index (χ2n) is 5.86. The molecule has 1 aliphatic rings. The van der Waals surface area contributed by atoms with Gasteiger partial charge in [-0.25, -0.2) is 15.2 Å². The molecule has 0 aromatic carbocycles. The van der Waals surface area contributed by atoms with Crippen LogP contribution >= 0.6 is 27.5 Å². The maximum absolute atomic E-state index is 11.3. The van der Waals surface area contributed by atoms with Crippen LogP contribution in [0, 0.1) is 0 Å². The van der Waals surface area contributed by atoms with Crippen LogP contribution in [0.4, 0.5) is 10.6 Å². The van der Waals surface area contributed by atoms with Crippen LogP contribution in [0.25, 0.3) is 0 Å². The van der Waals surface area contributed by atoms with Gasteiger partial charge in [0, 0.05) is 6.20 Å². The third-order valence-electron chi connectivity index (χ3n) is 2.65. The summed E-state index contributed by atoms with van der Waals surface area (Å²) in [6, 6.07) is 0. The van der Waals surface area contributed by atoms with Gasteiger partial charge in [0.05, 0.1) is 4.47 Å². The molecule has 6 nitrogen and oxygen atoms in total. The molecule has 0 atom stereocenters. The minimum absolute atomic E-state index is 0.0710. The Morgan fingerprint density at radius 3 is 2.32 bits per heavy atom. The van der Waals surface area contributed by atoms with E-state index in [0.29, 0.717) is 10.3 Å². The largest absolute Gasteiger partial charge is 0.443 e. The molecule has 0 aliphatic heterocycles. The highest BCUT2D eigenvalue weighted by molar-refractivity contribution is 9.10. The summed E-state index contributed by atoms with van der Waals surface area (Å²) in [6.07, 6.45) is 8.35. The molecule has 1 fully saturated rings. The van der Waals surface area contributed by atoms with E-state index < -0.39 is 11.7 Å². The number of hydrazine groups is 1. The van der Waals surface area contributed by atoms with Crippen molar-refractivity contribution in [3.63, 3.8) is 0 Å². The minimum Gasteiger partial charge on any atom is -0.443 e. The van der Waals surface area contributed by atoms with Crippen LogP contribution < -0.4 is 10.9 Å². The van der Waals surface area contributed by atoms with Crippen LogP contribution in [-0.4, -0.2) is 21.7 Å². The van der Waals surface area contributed by atoms with E-state index in [9.17, 15) is 4.79 Å². The summed E-state index contributed by atoms with van der Waals surface area (Å²) in [4.78, 5) is 19.0. The molecule has 1 aromatic rings. The first kappa shape index (κ1) is 19.0. The number of nitrogens with zero attached hydrogens (tertiary/aromatic N) is 2. The van der Waals surface area contributed by atoms with Gasteiger partial charge in [0.15, 0.2) is 5.82 Å². The summed E-state index contributed by atoms with van der Waals surface area (Å²) in [6.45, 7) is 5.30. The van der Waals surface area contributed by atoms with Gasteiger partial charge in [-0.3, -0.25) is 5.43 Å². The van der Waals surface area contributed by atoms with Crippen LogP contribution in [0.2, 0.25) is 5.28 Å². The topological polar surface area (TPSA) is 76.1 Å². The van der Waals surface area contributed by atoms with Gasteiger partial charge in [-0.05, 0) is 48.3 Å². The van der Waals surface area contributed by atoms with Crippen LogP contribution in [-0.2, 0) is 4.74 Å². The third-order valence-corrected chi connectivity index (χ3v) is 3.41. The van der Waals surface area contributed by atoms with Crippen molar-refractivity contribution in [1.29, 1.82) is 0 Å². The Morgan fingerprint density at radius 1 is 1.27 bits per heavy atom. The summed E-state index contributed by atoms with van der Waals surface area (Å²) < 4.78 is 5.59. The molecule has 1 aromatic heterocycles. The van der Waals surface area contributed by atoms with E-state index >= 15 is 0 Å². The molecule has 1 saturated carbocycles. The standard InChI is InChI=1S/C9H12BrClN4O2.C5H10/c1-9(2,3)17-8(16)15-14-6-5(10)4-12-7(11)13-6;1-2-4-5-3-1/h4H,1-3H3,(H,15,16)(H,12,13,14);1-5H2. The van der Waals surface area contributed by atoms with Crippen molar-refractivity contribution >= 4 is 39.4 Å². The lowest BCUT2D eigenvalue weighted by molar-refractivity contribution is 0.0541. The van der Waals surface area contributed by atoms with Gasteiger partial charge in [0.2, 0.25) is 5.28 Å². The maximum Gasteiger partial charge on any atom is 0.426 e. The van der Waals surface area contributed by atoms with E-state index in [-0.39, 0.29) is 5.28 Å². The highest BCUT2D eigenvalue weighted by atomic mass is 79.9. The van der Waals surface area contributed by atoms with Crippen LogP contribution in [0.3, 0.4) is 0 Å². The van der Waals surface area contributed by atoms with Crippen molar-refractivity contribution in [3.05, 3.63) is 16.0 Å². The summed E-state index contributed by atoms with van der Waals surface area (Å²) in [5.41, 5.74) is 4.34. The number of hydrogen-bond acceptors (Lipinski definition) is 5. The van der Waals surface area contributed by atoms with Crippen molar-refractivity contribution in [2.24, 2.45) is 0 Å². The molecule has 2 rings (SSSR count). The van der Waals surface area contributed by atoms with E-state index in [0.717, 1.165) is 0 Å². The molecule has 0 unspecified atom stereocenters. The summed E-state index contributed by atoms with van der Waals surface area (Å²) in [5.74, 6) is 0.343. The Kier molecular flexibility index (Phi) is 7.89. The summed E-state index contributed by atoms with van der Waals surface area (Å²) in [7, 11) is 0. The number of carbonyl (C=O) groups is 1. The SMILES string of the molecule is C1CCCC1.CC(C)(C)OC(=O)NNc1nc(Cl)ncc1Br. The van der Waals surface area contributed by atoms with Crippen molar-refractivity contribution in [2.75, 3.05) is 5.43 Å². The number of rotatable bonds is 2. The van der Waals surface area contributed by atoms with Gasteiger partial charge < -0.3 is 4.74 Å². The first-order chi connectivity index (χ1) is 10.3. The summed E-state index contributed by atoms with van der Waals surface area (Å²) >= 11 is 8.82. The molecule has 22 heavy (non-hydrogen) atoms. The van der Waals surface area contributed by atoms with Gasteiger partial charge >= 0.3 is 6.09 Å². The van der Waals surface area contributed by atoms with E-state index in [1.54, 1.807) is 20.8 Å². The first-order valence-electron chi connectivity index (χ1n) is 7.21. The normalized spacial score (nSPS) is 13.9. The molecule has 2 N–H and O–H groups in total. The first-order valence-corrected chi connectivity index (χ1v) is 8.38. The Labute approximate surface area is 144 Å². The molecule has 1 aliphatic carbocycles. The lowest BCUT2D eigenvalue weighted by Gasteiger charge is -2.20. The van der Waals surface area contributed by atoms with Gasteiger partial charge in [0.25, 0.3) is 0 Å². The fourth-order valence-corrected chi connectivity index (χ4v) is 2.15. The number of aromatic nitrogens is 2. The van der Waals surface area contributed by atoms with Gasteiger partial charge in [0.1, 0.15) is 5.60 Å². The van der Waals surface area contributed by atoms with E-state index in [4.69, 9.17) is 16.3 Å². The Hall–Kier alpha value is -1.08. The average Bonchev–Trinajstić information content (AvgIpc) is 2.97. The van der Waals surface area contributed by atoms with E-state index in [1.165, 1.54) is 38.3 Å². The molecular formula is C14H22BrClN4O2. The second kappa shape index (κ2) is 9.15. The monoisotopic (exact) mass is 392 g/mol. The highest BCUT2D eigenvalue weighted by Crippen LogP contribution is 2.19. The average molecular weight is 394 g/mol. The Bertz CT molecular complexity index is 483. The van der Waals surface area contributed by atoms with Gasteiger partial charge in [-0.15, -0.1) is 0 Å². The predicted octanol–water partition coefficient (Wildman–Crippen LogP) is 4.69. The Balaban J connectivity index is 0.000000406. The fourth-order valence-electron chi connectivity index (χ4n) is 1.73. The number of halogens is 2. The smallest absolute Gasteiger partial charge is 0.426 e. The molecule has 1 amide bonds. The second-order valence-corrected chi connectivity index (χ2v) is 7.05.